The first kappa shape index (κ1) is 27.3. The number of benzene rings is 4. The monoisotopic (exact) mass is 589 g/mol. The second kappa shape index (κ2) is 12.7. The van der Waals surface area contributed by atoms with Gasteiger partial charge in [-0.2, -0.15) is 5.10 Å². The van der Waals surface area contributed by atoms with Gasteiger partial charge in [0.1, 0.15) is 5.75 Å². The van der Waals surface area contributed by atoms with Crippen LogP contribution in [-0.2, 0) is 4.79 Å². The molecule has 9 nitrogen and oxygen atoms in total. The number of esters is 1. The molecule has 0 unspecified atom stereocenters. The van der Waals surface area contributed by atoms with Crippen LogP contribution in [0, 0.1) is 0 Å². The minimum Gasteiger partial charge on any atom is -0.493 e. The van der Waals surface area contributed by atoms with Gasteiger partial charge in [0.05, 0.1) is 32.5 Å². The molecule has 0 spiro atoms. The van der Waals surface area contributed by atoms with E-state index in [1.165, 1.54) is 26.5 Å². The average Bonchev–Trinajstić information content (AvgIpc) is 2.96. The van der Waals surface area contributed by atoms with Crippen molar-refractivity contribution in [2.45, 2.75) is 0 Å². The molecule has 0 bridgehead atoms. The minimum absolute atomic E-state index is 0.245. The van der Waals surface area contributed by atoms with Gasteiger partial charge in [-0.05, 0) is 53.2 Å². The molecule has 0 aliphatic rings. The summed E-state index contributed by atoms with van der Waals surface area (Å²) in [6.45, 7) is -0.278. The summed E-state index contributed by atoms with van der Waals surface area (Å²) in [5.41, 5.74) is 3.55. The van der Waals surface area contributed by atoms with Crippen molar-refractivity contribution < 1.29 is 28.6 Å². The van der Waals surface area contributed by atoms with E-state index in [0.29, 0.717) is 22.6 Å². The van der Waals surface area contributed by atoms with Gasteiger partial charge in [-0.1, -0.05) is 52.3 Å². The van der Waals surface area contributed by atoms with Crippen molar-refractivity contribution in [3.63, 3.8) is 0 Å². The number of fused-ring (bicyclic) bond motifs is 1. The van der Waals surface area contributed by atoms with Crippen molar-refractivity contribution in [2.24, 2.45) is 5.10 Å². The smallest absolute Gasteiger partial charge is 0.343 e. The van der Waals surface area contributed by atoms with Crippen molar-refractivity contribution in [3.8, 4) is 17.2 Å². The SMILES string of the molecule is COc1ccc(C(=O)Oc2ccc3ccccc3c2/C=N\NC(=O)CNC(=O)c2cccc(Br)c2)cc1OC. The quantitative estimate of drug-likeness (QED) is 0.126. The summed E-state index contributed by atoms with van der Waals surface area (Å²) >= 11 is 3.31. The van der Waals surface area contributed by atoms with Crippen LogP contribution in [0.1, 0.15) is 26.3 Å². The molecule has 0 fully saturated rings. The van der Waals surface area contributed by atoms with Crippen molar-refractivity contribution >= 4 is 50.7 Å². The number of nitrogens with one attached hydrogen (secondary N) is 2. The number of rotatable bonds is 9. The Balaban J connectivity index is 1.49. The van der Waals surface area contributed by atoms with Crippen molar-refractivity contribution in [1.29, 1.82) is 0 Å². The van der Waals surface area contributed by atoms with Gasteiger partial charge in [0, 0.05) is 15.6 Å². The van der Waals surface area contributed by atoms with Crippen molar-refractivity contribution in [2.75, 3.05) is 20.8 Å². The van der Waals surface area contributed by atoms with Crippen LogP contribution in [0.25, 0.3) is 10.8 Å². The van der Waals surface area contributed by atoms with Crippen LogP contribution in [0.15, 0.2) is 88.4 Å². The highest BCUT2D eigenvalue weighted by Crippen LogP contribution is 2.30. The van der Waals surface area contributed by atoms with Gasteiger partial charge in [0.25, 0.3) is 11.8 Å². The molecular formula is C29H24BrN3O6. The molecule has 0 heterocycles. The highest BCUT2D eigenvalue weighted by atomic mass is 79.9. The Labute approximate surface area is 232 Å². The maximum Gasteiger partial charge on any atom is 0.343 e. The Bertz CT molecular complexity index is 1570. The second-order valence-electron chi connectivity index (χ2n) is 8.14. The zero-order valence-corrected chi connectivity index (χ0v) is 22.7. The standard InChI is InChI=1S/C29H24BrN3O6/c1-37-25-13-11-20(15-26(25)38-2)29(36)39-24-12-10-18-6-3-4-9-22(18)23(24)16-32-33-27(34)17-31-28(35)19-7-5-8-21(30)14-19/h3-16H,17H2,1-2H3,(H,31,35)(H,33,34)/b32-16-. The lowest BCUT2D eigenvalue weighted by molar-refractivity contribution is -0.120. The van der Waals surface area contributed by atoms with Crippen LogP contribution in [0.2, 0.25) is 0 Å². The molecule has 2 N–H and O–H groups in total. The van der Waals surface area contributed by atoms with Crippen molar-refractivity contribution in [1.82, 2.24) is 10.7 Å². The second-order valence-corrected chi connectivity index (χ2v) is 9.06. The third-order valence-electron chi connectivity index (χ3n) is 5.63. The van der Waals surface area contributed by atoms with Gasteiger partial charge < -0.3 is 19.5 Å². The number of methoxy groups -OCH3 is 2. The van der Waals surface area contributed by atoms with Crippen LogP contribution in [0.3, 0.4) is 0 Å². The van der Waals surface area contributed by atoms with E-state index in [1.54, 1.807) is 42.5 Å². The normalized spacial score (nSPS) is 10.7. The first-order chi connectivity index (χ1) is 18.9. The fourth-order valence-electron chi connectivity index (χ4n) is 3.72. The highest BCUT2D eigenvalue weighted by Gasteiger charge is 2.16. The number of ether oxygens (including phenoxy) is 3. The van der Waals surface area contributed by atoms with E-state index in [2.05, 4.69) is 31.8 Å². The zero-order valence-electron chi connectivity index (χ0n) is 21.1. The van der Waals surface area contributed by atoms with E-state index < -0.39 is 17.8 Å². The third-order valence-corrected chi connectivity index (χ3v) is 6.13. The van der Waals surface area contributed by atoms with Gasteiger partial charge >= 0.3 is 5.97 Å². The fourth-order valence-corrected chi connectivity index (χ4v) is 4.12. The number of hydrogen-bond acceptors (Lipinski definition) is 7. The molecule has 10 heteroatoms. The summed E-state index contributed by atoms with van der Waals surface area (Å²) in [6, 6.07) is 22.5. The molecule has 0 saturated carbocycles. The molecule has 0 saturated heterocycles. The fraction of sp³-hybridized carbons (Fsp3) is 0.103. The van der Waals surface area contributed by atoms with E-state index in [-0.39, 0.29) is 17.9 Å². The molecule has 39 heavy (non-hydrogen) atoms. The largest absolute Gasteiger partial charge is 0.493 e. The lowest BCUT2D eigenvalue weighted by atomic mass is 10.0. The molecule has 4 aromatic rings. The van der Waals surface area contributed by atoms with E-state index in [1.807, 2.05) is 30.3 Å². The Kier molecular flexibility index (Phi) is 8.90. The van der Waals surface area contributed by atoms with Gasteiger partial charge in [-0.25, -0.2) is 10.2 Å². The number of hydrazone groups is 1. The third kappa shape index (κ3) is 6.79. The Morgan fingerprint density at radius 2 is 1.62 bits per heavy atom. The number of carbonyl (C=O) groups is 3. The Morgan fingerprint density at radius 3 is 2.38 bits per heavy atom. The topological polar surface area (TPSA) is 115 Å². The van der Waals surface area contributed by atoms with Crippen molar-refractivity contribution in [3.05, 3.63) is 100 Å². The van der Waals surface area contributed by atoms with Gasteiger partial charge in [-0.15, -0.1) is 0 Å². The van der Waals surface area contributed by atoms with Crippen LogP contribution < -0.4 is 25.0 Å². The van der Waals surface area contributed by atoms with Crippen LogP contribution in [0.5, 0.6) is 17.2 Å². The van der Waals surface area contributed by atoms with Crippen LogP contribution in [0.4, 0.5) is 0 Å². The number of hydrogen-bond donors (Lipinski definition) is 2. The minimum atomic E-state index is -0.611. The lowest BCUT2D eigenvalue weighted by Crippen LogP contribution is -2.34. The van der Waals surface area contributed by atoms with Crippen LogP contribution >= 0.6 is 15.9 Å². The summed E-state index contributed by atoms with van der Waals surface area (Å²) in [4.78, 5) is 37.5. The zero-order chi connectivity index (χ0) is 27.8. The van der Waals surface area contributed by atoms with Gasteiger partial charge in [0.15, 0.2) is 11.5 Å². The average molecular weight is 590 g/mol. The Hall–Kier alpha value is -4.70. The molecule has 4 aromatic carbocycles. The van der Waals surface area contributed by atoms with Gasteiger partial charge in [-0.3, -0.25) is 9.59 Å². The van der Waals surface area contributed by atoms with E-state index >= 15 is 0 Å². The summed E-state index contributed by atoms with van der Waals surface area (Å²) in [5.74, 6) is -0.416. The van der Waals surface area contributed by atoms with E-state index in [9.17, 15) is 14.4 Å². The van der Waals surface area contributed by atoms with Gasteiger partial charge in [0.2, 0.25) is 0 Å². The molecule has 0 aliphatic carbocycles. The summed E-state index contributed by atoms with van der Waals surface area (Å²) in [6.07, 6.45) is 1.40. The summed E-state index contributed by atoms with van der Waals surface area (Å²) in [5, 5.41) is 8.23. The predicted octanol–water partition coefficient (Wildman–Crippen LogP) is 4.72. The first-order valence-corrected chi connectivity index (χ1v) is 12.5. The predicted molar refractivity (Wildman–Crippen MR) is 151 cm³/mol. The molecule has 0 atom stereocenters. The summed E-state index contributed by atoms with van der Waals surface area (Å²) < 4.78 is 17.0. The molecule has 4 rings (SSSR count). The maximum atomic E-state index is 13.0. The van der Waals surface area contributed by atoms with E-state index in [4.69, 9.17) is 14.2 Å². The van der Waals surface area contributed by atoms with E-state index in [0.717, 1.165) is 15.2 Å². The summed E-state index contributed by atoms with van der Waals surface area (Å²) in [7, 11) is 2.98. The Morgan fingerprint density at radius 1 is 0.846 bits per heavy atom. The molecule has 0 radical (unpaired) electrons. The maximum absolute atomic E-state index is 13.0. The first-order valence-electron chi connectivity index (χ1n) is 11.7. The number of carbonyl (C=O) groups excluding carboxylic acids is 3. The number of halogens is 1. The number of nitrogens with zero attached hydrogens (tertiary/aromatic N) is 1. The molecule has 2 amide bonds. The molecule has 0 aliphatic heterocycles. The molecular weight excluding hydrogens is 566 g/mol. The molecule has 0 aromatic heterocycles. The highest BCUT2D eigenvalue weighted by molar-refractivity contribution is 9.10. The molecule has 198 valence electrons. The number of amides is 2. The van der Waals surface area contributed by atoms with Crippen LogP contribution in [-0.4, -0.2) is 44.8 Å². The lowest BCUT2D eigenvalue weighted by Gasteiger charge is -2.12.